The molecule has 1 aromatic carbocycles. The van der Waals surface area contributed by atoms with E-state index in [2.05, 4.69) is 41.3 Å². The highest BCUT2D eigenvalue weighted by atomic mass is 16.6. The summed E-state index contributed by atoms with van der Waals surface area (Å²) in [7, 11) is 0. The Hall–Kier alpha value is -3.16. The number of amides is 2. The van der Waals surface area contributed by atoms with Gasteiger partial charge in [-0.3, -0.25) is 4.79 Å². The monoisotopic (exact) mass is 397 g/mol. The smallest absolute Gasteiger partial charge is 0.409 e. The summed E-state index contributed by atoms with van der Waals surface area (Å²) in [5.74, 6) is 0.858. The summed E-state index contributed by atoms with van der Waals surface area (Å²) in [5.41, 5.74) is 2.48. The minimum Gasteiger partial charge on any atom is -0.450 e. The number of hydrogen-bond donors (Lipinski definition) is 1. The first-order chi connectivity index (χ1) is 14.0. The molecule has 154 valence electrons. The minimum absolute atomic E-state index is 0.172. The normalized spacial score (nSPS) is 14.1. The molecule has 1 fully saturated rings. The van der Waals surface area contributed by atoms with Crippen LogP contribution in [0.15, 0.2) is 36.7 Å². The first-order valence-corrected chi connectivity index (χ1v) is 9.88. The number of nitrogens with one attached hydrogen (secondary N) is 1. The lowest BCUT2D eigenvalue weighted by Crippen LogP contribution is -2.50. The topological polar surface area (TPSA) is 87.7 Å². The van der Waals surface area contributed by atoms with Gasteiger partial charge < -0.3 is 19.9 Å². The van der Waals surface area contributed by atoms with Crippen molar-refractivity contribution in [2.24, 2.45) is 0 Å². The van der Waals surface area contributed by atoms with Crippen molar-refractivity contribution >= 4 is 23.5 Å². The Morgan fingerprint density at radius 2 is 1.72 bits per heavy atom. The van der Waals surface area contributed by atoms with Crippen LogP contribution in [0.3, 0.4) is 0 Å². The molecule has 1 saturated heterocycles. The molecule has 2 heterocycles. The molecule has 0 atom stereocenters. The van der Waals surface area contributed by atoms with Crippen LogP contribution < -0.4 is 5.32 Å². The van der Waals surface area contributed by atoms with Gasteiger partial charge in [0.05, 0.1) is 6.61 Å². The zero-order chi connectivity index (χ0) is 20.8. The van der Waals surface area contributed by atoms with Gasteiger partial charge in [0.1, 0.15) is 17.8 Å². The summed E-state index contributed by atoms with van der Waals surface area (Å²) >= 11 is 0. The molecule has 0 radical (unpaired) electrons. The highest BCUT2D eigenvalue weighted by Gasteiger charge is 2.26. The van der Waals surface area contributed by atoms with Crippen molar-refractivity contribution in [3.8, 4) is 0 Å². The lowest BCUT2D eigenvalue weighted by molar-refractivity contribution is 0.0566. The molecule has 0 aliphatic carbocycles. The molecule has 8 nitrogen and oxygen atoms in total. The summed E-state index contributed by atoms with van der Waals surface area (Å²) in [6.45, 7) is 8.20. The third-order valence-electron chi connectivity index (χ3n) is 4.83. The number of ether oxygens (including phenoxy) is 1. The molecule has 8 heteroatoms. The van der Waals surface area contributed by atoms with E-state index in [1.54, 1.807) is 22.8 Å². The van der Waals surface area contributed by atoms with E-state index in [4.69, 9.17) is 4.74 Å². The molecule has 1 aromatic heterocycles. The second-order valence-electron chi connectivity index (χ2n) is 7.17. The molecule has 0 unspecified atom stereocenters. The van der Waals surface area contributed by atoms with Gasteiger partial charge in [-0.05, 0) is 30.5 Å². The number of carbonyl (C=O) groups is 2. The number of benzene rings is 1. The van der Waals surface area contributed by atoms with Crippen LogP contribution >= 0.6 is 0 Å². The van der Waals surface area contributed by atoms with Gasteiger partial charge in [0.15, 0.2) is 0 Å². The largest absolute Gasteiger partial charge is 0.450 e. The highest BCUT2D eigenvalue weighted by molar-refractivity contribution is 5.93. The molecular formula is C21H27N5O3. The quantitative estimate of drug-likeness (QED) is 0.833. The molecule has 2 aromatic rings. The molecule has 0 bridgehead atoms. The van der Waals surface area contributed by atoms with Crippen molar-refractivity contribution in [1.29, 1.82) is 0 Å². The maximum atomic E-state index is 12.8. The summed E-state index contributed by atoms with van der Waals surface area (Å²) in [6.07, 6.45) is 1.05. The molecule has 0 spiro atoms. The number of carbonyl (C=O) groups excluding carboxylic acids is 2. The molecule has 1 aliphatic rings. The molecule has 1 N–H and O–H groups in total. The van der Waals surface area contributed by atoms with Crippen molar-refractivity contribution in [3.63, 3.8) is 0 Å². The van der Waals surface area contributed by atoms with Crippen molar-refractivity contribution in [2.45, 2.75) is 26.7 Å². The van der Waals surface area contributed by atoms with Crippen LogP contribution in [0, 0.1) is 0 Å². The predicted molar refractivity (Wildman–Crippen MR) is 110 cm³/mol. The van der Waals surface area contributed by atoms with E-state index in [1.165, 1.54) is 11.9 Å². The Labute approximate surface area is 170 Å². The van der Waals surface area contributed by atoms with E-state index >= 15 is 0 Å². The zero-order valence-corrected chi connectivity index (χ0v) is 17.1. The van der Waals surface area contributed by atoms with Crippen molar-refractivity contribution in [2.75, 3.05) is 38.1 Å². The van der Waals surface area contributed by atoms with Gasteiger partial charge in [-0.25, -0.2) is 14.8 Å². The van der Waals surface area contributed by atoms with Gasteiger partial charge >= 0.3 is 6.09 Å². The van der Waals surface area contributed by atoms with Crippen LogP contribution in [-0.4, -0.2) is 64.6 Å². The van der Waals surface area contributed by atoms with Gasteiger partial charge in [0.25, 0.3) is 5.91 Å². The average molecular weight is 397 g/mol. The number of rotatable bonds is 5. The number of piperazine rings is 1. The second-order valence-corrected chi connectivity index (χ2v) is 7.17. The SMILES string of the molecule is CCOC(=O)N1CCN(C(=O)c2cc(Nc3ccc(C(C)C)cc3)ncn2)CC1. The average Bonchev–Trinajstić information content (AvgIpc) is 2.74. The third kappa shape index (κ3) is 5.22. The van der Waals surface area contributed by atoms with Gasteiger partial charge in [0, 0.05) is 37.9 Å². The van der Waals surface area contributed by atoms with Crippen molar-refractivity contribution in [1.82, 2.24) is 19.8 Å². The van der Waals surface area contributed by atoms with Crippen molar-refractivity contribution < 1.29 is 14.3 Å². The first kappa shape index (κ1) is 20.6. The van der Waals surface area contributed by atoms with Crippen LogP contribution in [0.25, 0.3) is 0 Å². The summed E-state index contributed by atoms with van der Waals surface area (Å²) in [5, 5.41) is 3.21. The lowest BCUT2D eigenvalue weighted by atomic mass is 10.0. The maximum Gasteiger partial charge on any atom is 0.409 e. The van der Waals surface area contributed by atoms with Crippen LogP contribution in [-0.2, 0) is 4.74 Å². The van der Waals surface area contributed by atoms with E-state index in [0.717, 1.165) is 5.69 Å². The fourth-order valence-electron chi connectivity index (χ4n) is 3.11. The van der Waals surface area contributed by atoms with Gasteiger partial charge in [-0.2, -0.15) is 0 Å². The molecule has 2 amide bonds. The van der Waals surface area contributed by atoms with E-state index in [1.807, 2.05) is 12.1 Å². The summed E-state index contributed by atoms with van der Waals surface area (Å²) in [6, 6.07) is 9.78. The fourth-order valence-corrected chi connectivity index (χ4v) is 3.11. The summed E-state index contributed by atoms with van der Waals surface area (Å²) in [4.78, 5) is 36.2. The van der Waals surface area contributed by atoms with Crippen molar-refractivity contribution in [3.05, 3.63) is 47.9 Å². The Balaban J connectivity index is 1.62. The fraction of sp³-hybridized carbons (Fsp3) is 0.429. The van der Waals surface area contributed by atoms with Crippen LogP contribution in [0.2, 0.25) is 0 Å². The zero-order valence-electron chi connectivity index (χ0n) is 17.1. The molecule has 3 rings (SSSR count). The third-order valence-corrected chi connectivity index (χ3v) is 4.83. The van der Waals surface area contributed by atoms with E-state index in [-0.39, 0.29) is 12.0 Å². The Bertz CT molecular complexity index is 846. The van der Waals surface area contributed by atoms with Crippen LogP contribution in [0.1, 0.15) is 42.7 Å². The van der Waals surface area contributed by atoms with Crippen LogP contribution in [0.4, 0.5) is 16.3 Å². The Kier molecular flexibility index (Phi) is 6.64. The number of hydrogen-bond acceptors (Lipinski definition) is 6. The first-order valence-electron chi connectivity index (χ1n) is 9.88. The molecule has 0 saturated carbocycles. The number of anilines is 2. The molecule has 1 aliphatic heterocycles. The second kappa shape index (κ2) is 9.36. The van der Waals surface area contributed by atoms with Crippen LogP contribution in [0.5, 0.6) is 0 Å². The van der Waals surface area contributed by atoms with Gasteiger partial charge in [-0.1, -0.05) is 26.0 Å². The standard InChI is InChI=1S/C21H27N5O3/c1-4-29-21(28)26-11-9-25(10-12-26)20(27)18-13-19(23-14-22-18)24-17-7-5-16(6-8-17)15(2)3/h5-8,13-15H,4,9-12H2,1-3H3,(H,22,23,24). The van der Waals surface area contributed by atoms with E-state index < -0.39 is 0 Å². The number of nitrogens with zero attached hydrogens (tertiary/aromatic N) is 4. The number of aromatic nitrogens is 2. The van der Waals surface area contributed by atoms with Gasteiger partial charge in [-0.15, -0.1) is 0 Å². The molecular weight excluding hydrogens is 370 g/mol. The molecule has 29 heavy (non-hydrogen) atoms. The Morgan fingerprint density at radius 1 is 1.07 bits per heavy atom. The highest BCUT2D eigenvalue weighted by Crippen LogP contribution is 2.20. The predicted octanol–water partition coefficient (Wildman–Crippen LogP) is 3.26. The van der Waals surface area contributed by atoms with E-state index in [0.29, 0.717) is 50.2 Å². The Morgan fingerprint density at radius 3 is 2.34 bits per heavy atom. The summed E-state index contributed by atoms with van der Waals surface area (Å²) < 4.78 is 5.01. The van der Waals surface area contributed by atoms with Gasteiger partial charge in [0.2, 0.25) is 0 Å². The minimum atomic E-state index is -0.336. The lowest BCUT2D eigenvalue weighted by Gasteiger charge is -2.33. The maximum absolute atomic E-state index is 12.8. The van der Waals surface area contributed by atoms with E-state index in [9.17, 15) is 9.59 Å².